The third-order valence-corrected chi connectivity index (χ3v) is 3.50. The van der Waals surface area contributed by atoms with Gasteiger partial charge in [-0.2, -0.15) is 0 Å². The average molecular weight is 334 g/mol. The Balaban J connectivity index is 2.19. The normalized spacial score (nSPS) is 15.8. The van der Waals surface area contributed by atoms with E-state index in [9.17, 15) is 14.4 Å². The fourth-order valence-corrected chi connectivity index (χ4v) is 2.30. The van der Waals surface area contributed by atoms with Crippen LogP contribution in [0.1, 0.15) is 5.56 Å². The Morgan fingerprint density at radius 3 is 2.54 bits per heavy atom. The maximum Gasteiger partial charge on any atom is 0.354 e. The predicted octanol–water partition coefficient (Wildman–Crippen LogP) is 0.838. The molecule has 0 saturated carbocycles. The molecule has 1 atom stereocenters. The molecule has 0 amide bonds. The lowest BCUT2D eigenvalue weighted by atomic mass is 10.1. The summed E-state index contributed by atoms with van der Waals surface area (Å²) < 4.78 is 13.9. The summed E-state index contributed by atoms with van der Waals surface area (Å²) in [7, 11) is 3.75. The number of rotatable bonds is 5. The molecule has 1 unspecified atom stereocenters. The fourth-order valence-electron chi connectivity index (χ4n) is 2.30. The number of fused-ring (bicyclic) bond motifs is 1. The van der Waals surface area contributed by atoms with Crippen molar-refractivity contribution in [3.63, 3.8) is 0 Å². The number of carbonyl (C=O) groups is 3. The van der Waals surface area contributed by atoms with Crippen LogP contribution in [-0.2, 0) is 35.0 Å². The first-order chi connectivity index (χ1) is 11.5. The number of anilines is 2. The maximum atomic E-state index is 11.7. The van der Waals surface area contributed by atoms with Crippen LogP contribution in [0, 0.1) is 0 Å². The van der Waals surface area contributed by atoms with Crippen molar-refractivity contribution < 1.29 is 28.6 Å². The van der Waals surface area contributed by atoms with Crippen LogP contribution < -0.4 is 10.6 Å². The molecule has 0 fully saturated rings. The van der Waals surface area contributed by atoms with E-state index in [-0.39, 0.29) is 11.7 Å². The molecule has 8 nitrogen and oxygen atoms in total. The van der Waals surface area contributed by atoms with Crippen LogP contribution in [0.4, 0.5) is 11.4 Å². The second kappa shape index (κ2) is 7.49. The van der Waals surface area contributed by atoms with Crippen molar-refractivity contribution in [2.75, 3.05) is 32.0 Å². The van der Waals surface area contributed by atoms with Gasteiger partial charge in [0.15, 0.2) is 0 Å². The Morgan fingerprint density at radius 1 is 1.17 bits per heavy atom. The topological polar surface area (TPSA) is 103 Å². The number of esters is 3. The molecule has 0 bridgehead atoms. The molecule has 0 saturated heterocycles. The number of ether oxygens (including phenoxy) is 3. The van der Waals surface area contributed by atoms with Gasteiger partial charge in [-0.3, -0.25) is 0 Å². The molecular formula is C16H18N2O6. The highest BCUT2D eigenvalue weighted by Crippen LogP contribution is 2.29. The van der Waals surface area contributed by atoms with Gasteiger partial charge in [0.1, 0.15) is 11.7 Å². The predicted molar refractivity (Wildman–Crippen MR) is 85.3 cm³/mol. The number of benzene rings is 1. The second-order valence-electron chi connectivity index (χ2n) is 4.99. The van der Waals surface area contributed by atoms with Gasteiger partial charge in [0.2, 0.25) is 0 Å². The van der Waals surface area contributed by atoms with Gasteiger partial charge >= 0.3 is 17.9 Å². The van der Waals surface area contributed by atoms with Crippen LogP contribution in [-0.4, -0.2) is 45.3 Å². The van der Waals surface area contributed by atoms with Crippen LogP contribution in [0.25, 0.3) is 0 Å². The van der Waals surface area contributed by atoms with Gasteiger partial charge in [-0.25, -0.2) is 14.4 Å². The smallest absolute Gasteiger partial charge is 0.354 e. The largest absolute Gasteiger partial charge is 0.467 e. The Labute approximate surface area is 138 Å². The number of methoxy groups -OCH3 is 3. The zero-order valence-electron chi connectivity index (χ0n) is 13.5. The van der Waals surface area contributed by atoms with Crippen molar-refractivity contribution in [3.8, 4) is 0 Å². The Kier molecular flexibility index (Phi) is 5.41. The van der Waals surface area contributed by atoms with Crippen molar-refractivity contribution >= 4 is 29.3 Å². The molecule has 1 heterocycles. The van der Waals surface area contributed by atoms with E-state index in [1.165, 1.54) is 21.3 Å². The maximum absolute atomic E-state index is 11.7. The van der Waals surface area contributed by atoms with Crippen molar-refractivity contribution in [1.29, 1.82) is 0 Å². The minimum atomic E-state index is -0.707. The van der Waals surface area contributed by atoms with E-state index in [0.717, 1.165) is 17.3 Å². The summed E-state index contributed by atoms with van der Waals surface area (Å²) in [5, 5.41) is 5.86. The molecule has 0 aliphatic carbocycles. The first kappa shape index (κ1) is 17.3. The van der Waals surface area contributed by atoms with Gasteiger partial charge in [-0.05, 0) is 17.7 Å². The summed E-state index contributed by atoms with van der Waals surface area (Å²) in [5.41, 5.74) is 2.18. The highest BCUT2D eigenvalue weighted by Gasteiger charge is 2.27. The molecule has 8 heteroatoms. The van der Waals surface area contributed by atoms with E-state index >= 15 is 0 Å². The lowest BCUT2D eigenvalue weighted by Crippen LogP contribution is -2.27. The fraction of sp³-hybridized carbons (Fsp3) is 0.312. The lowest BCUT2D eigenvalue weighted by molar-refractivity contribution is -0.141. The van der Waals surface area contributed by atoms with Crippen LogP contribution in [0.15, 0.2) is 30.0 Å². The van der Waals surface area contributed by atoms with Gasteiger partial charge in [0.05, 0.1) is 27.4 Å². The number of hydrogen-bond acceptors (Lipinski definition) is 8. The van der Waals surface area contributed by atoms with E-state index in [4.69, 9.17) is 4.74 Å². The summed E-state index contributed by atoms with van der Waals surface area (Å²) in [6.07, 6.45) is 1.52. The van der Waals surface area contributed by atoms with Crippen molar-refractivity contribution in [3.05, 3.63) is 35.5 Å². The van der Waals surface area contributed by atoms with Crippen molar-refractivity contribution in [2.24, 2.45) is 0 Å². The molecule has 1 aliphatic heterocycles. The molecule has 1 aromatic carbocycles. The molecule has 1 aromatic rings. The van der Waals surface area contributed by atoms with Gasteiger partial charge in [-0.1, -0.05) is 6.07 Å². The molecule has 24 heavy (non-hydrogen) atoms. The molecule has 0 radical (unpaired) electrons. The highest BCUT2D eigenvalue weighted by atomic mass is 16.5. The van der Waals surface area contributed by atoms with Gasteiger partial charge in [0, 0.05) is 17.8 Å². The Morgan fingerprint density at radius 2 is 1.92 bits per heavy atom. The average Bonchev–Trinajstić information content (AvgIpc) is 3.02. The molecule has 2 rings (SSSR count). The van der Waals surface area contributed by atoms with Gasteiger partial charge < -0.3 is 24.8 Å². The van der Waals surface area contributed by atoms with E-state index < -0.39 is 18.0 Å². The summed E-state index contributed by atoms with van der Waals surface area (Å²) in [5.74, 6) is -1.74. The Hall–Kier alpha value is -3.03. The van der Waals surface area contributed by atoms with Gasteiger partial charge in [0.25, 0.3) is 0 Å². The molecule has 2 N–H and O–H groups in total. The minimum absolute atomic E-state index is 0.0631. The minimum Gasteiger partial charge on any atom is -0.467 e. The van der Waals surface area contributed by atoms with Crippen LogP contribution in [0.5, 0.6) is 0 Å². The van der Waals surface area contributed by atoms with Crippen LogP contribution in [0.3, 0.4) is 0 Å². The number of nitrogens with one attached hydrogen (secondary N) is 2. The van der Waals surface area contributed by atoms with E-state index in [2.05, 4.69) is 20.1 Å². The zero-order valence-corrected chi connectivity index (χ0v) is 13.5. The first-order valence-electron chi connectivity index (χ1n) is 7.10. The van der Waals surface area contributed by atoms with Crippen LogP contribution in [0.2, 0.25) is 0 Å². The lowest BCUT2D eigenvalue weighted by Gasteiger charge is -2.11. The zero-order chi connectivity index (χ0) is 17.7. The van der Waals surface area contributed by atoms with Crippen LogP contribution >= 0.6 is 0 Å². The van der Waals surface area contributed by atoms with E-state index in [1.54, 1.807) is 12.1 Å². The summed E-state index contributed by atoms with van der Waals surface area (Å²) in [4.78, 5) is 34.7. The molecule has 128 valence electrons. The summed E-state index contributed by atoms with van der Waals surface area (Å²) in [6, 6.07) is 4.84. The van der Waals surface area contributed by atoms with Crippen molar-refractivity contribution in [1.82, 2.24) is 0 Å². The molecule has 0 aromatic heterocycles. The number of carbonyl (C=O) groups excluding carboxylic acids is 3. The standard InChI is InChI=1S/C16H18N2O6/c1-22-14(19)8-13(16(21)24-3)17-10-5-4-9-6-12(15(20)23-2)18-11(9)7-10/h4-5,7-8,12,17-18H,6H2,1-3H3/b13-8+. The molecule has 1 aliphatic rings. The molecular weight excluding hydrogens is 316 g/mol. The highest BCUT2D eigenvalue weighted by molar-refractivity contribution is 5.98. The second-order valence-corrected chi connectivity index (χ2v) is 4.99. The van der Waals surface area contributed by atoms with E-state index in [1.807, 2.05) is 6.07 Å². The number of hydrogen-bond donors (Lipinski definition) is 2. The summed E-state index contributed by atoms with van der Waals surface area (Å²) >= 11 is 0. The molecule has 0 spiro atoms. The van der Waals surface area contributed by atoms with Crippen molar-refractivity contribution in [2.45, 2.75) is 12.5 Å². The van der Waals surface area contributed by atoms with E-state index in [0.29, 0.717) is 12.1 Å². The quantitative estimate of drug-likeness (QED) is 0.464. The summed E-state index contributed by atoms with van der Waals surface area (Å²) in [6.45, 7) is 0. The SMILES string of the molecule is COC(=O)/C=C(/Nc1ccc2c(c1)NC(C(=O)OC)C2)C(=O)OC. The third kappa shape index (κ3) is 3.83. The first-order valence-corrected chi connectivity index (χ1v) is 7.10. The third-order valence-electron chi connectivity index (χ3n) is 3.50. The van der Waals surface area contributed by atoms with Gasteiger partial charge in [-0.15, -0.1) is 0 Å². The monoisotopic (exact) mass is 334 g/mol. The Bertz CT molecular complexity index is 698.